The summed E-state index contributed by atoms with van der Waals surface area (Å²) >= 11 is 0. The molecule has 0 aromatic rings. The molecule has 2 aliphatic rings. The highest BCUT2D eigenvalue weighted by atomic mass is 16.5. The zero-order valence-corrected chi connectivity index (χ0v) is 11.4. The molecule has 104 valence electrons. The van der Waals surface area contributed by atoms with Gasteiger partial charge in [-0.05, 0) is 56.9 Å². The van der Waals surface area contributed by atoms with Crippen molar-refractivity contribution in [1.82, 2.24) is 0 Å². The quantitative estimate of drug-likeness (QED) is 0.784. The van der Waals surface area contributed by atoms with Gasteiger partial charge in [0.25, 0.3) is 0 Å². The van der Waals surface area contributed by atoms with Crippen LogP contribution in [0.2, 0.25) is 0 Å². The molecule has 0 aliphatic heterocycles. The molecule has 3 heteroatoms. The fraction of sp³-hybridized carbons (Fsp3) is 0.933. The lowest BCUT2D eigenvalue weighted by atomic mass is 9.82. The first-order valence-electron chi connectivity index (χ1n) is 7.66. The van der Waals surface area contributed by atoms with Crippen LogP contribution < -0.4 is 5.73 Å². The summed E-state index contributed by atoms with van der Waals surface area (Å²) < 4.78 is 5.52. The van der Waals surface area contributed by atoms with Gasteiger partial charge >= 0.3 is 5.97 Å². The molecule has 0 amide bonds. The molecule has 0 atom stereocenters. The van der Waals surface area contributed by atoms with Crippen LogP contribution in [0.4, 0.5) is 0 Å². The van der Waals surface area contributed by atoms with Gasteiger partial charge in [0.05, 0.1) is 12.5 Å². The van der Waals surface area contributed by atoms with E-state index in [1.54, 1.807) is 0 Å². The monoisotopic (exact) mass is 253 g/mol. The zero-order valence-electron chi connectivity index (χ0n) is 11.4. The molecule has 0 unspecified atom stereocenters. The molecule has 2 rings (SSSR count). The Labute approximate surface area is 110 Å². The number of hydrogen-bond donors (Lipinski definition) is 1. The molecule has 0 aromatic heterocycles. The second-order valence-electron chi connectivity index (χ2n) is 6.09. The minimum atomic E-state index is 0.0519. The standard InChI is InChI=1S/C15H27NO2/c16-10-12-6-8-14(9-7-12)15(17)18-11-13-4-2-1-3-5-13/h12-14H,1-11,16H2. The van der Waals surface area contributed by atoms with Crippen molar-refractivity contribution in [3.8, 4) is 0 Å². The molecule has 2 saturated carbocycles. The van der Waals surface area contributed by atoms with E-state index in [1.165, 1.54) is 32.1 Å². The van der Waals surface area contributed by atoms with Crippen LogP contribution in [0.15, 0.2) is 0 Å². The van der Waals surface area contributed by atoms with Crippen LogP contribution >= 0.6 is 0 Å². The van der Waals surface area contributed by atoms with E-state index in [2.05, 4.69) is 0 Å². The summed E-state index contributed by atoms with van der Waals surface area (Å²) in [6, 6.07) is 0. The fourth-order valence-corrected chi connectivity index (χ4v) is 3.31. The van der Waals surface area contributed by atoms with Crippen LogP contribution in [0.1, 0.15) is 57.8 Å². The van der Waals surface area contributed by atoms with Crippen LogP contribution in [-0.4, -0.2) is 19.1 Å². The Bertz CT molecular complexity index is 253. The number of rotatable bonds is 4. The van der Waals surface area contributed by atoms with Gasteiger partial charge in [-0.2, -0.15) is 0 Å². The normalized spacial score (nSPS) is 30.1. The Morgan fingerprint density at radius 3 is 2.22 bits per heavy atom. The van der Waals surface area contributed by atoms with Crippen molar-refractivity contribution in [2.45, 2.75) is 57.8 Å². The number of nitrogens with two attached hydrogens (primary N) is 1. The van der Waals surface area contributed by atoms with Gasteiger partial charge in [-0.25, -0.2) is 0 Å². The van der Waals surface area contributed by atoms with Gasteiger partial charge in [0, 0.05) is 0 Å². The van der Waals surface area contributed by atoms with E-state index in [4.69, 9.17) is 10.5 Å². The maximum Gasteiger partial charge on any atom is 0.308 e. The molecule has 18 heavy (non-hydrogen) atoms. The first-order chi connectivity index (χ1) is 8.79. The van der Waals surface area contributed by atoms with E-state index in [0.717, 1.165) is 32.2 Å². The largest absolute Gasteiger partial charge is 0.465 e. The van der Waals surface area contributed by atoms with E-state index in [-0.39, 0.29) is 11.9 Å². The lowest BCUT2D eigenvalue weighted by Crippen LogP contribution is -2.28. The van der Waals surface area contributed by atoms with Crippen LogP contribution in [0.5, 0.6) is 0 Å². The minimum absolute atomic E-state index is 0.0519. The lowest BCUT2D eigenvalue weighted by Gasteiger charge is -2.27. The summed E-state index contributed by atoms with van der Waals surface area (Å²) in [6.45, 7) is 1.43. The van der Waals surface area contributed by atoms with Gasteiger partial charge in [0.2, 0.25) is 0 Å². The Hall–Kier alpha value is -0.570. The summed E-state index contributed by atoms with van der Waals surface area (Å²) in [7, 11) is 0. The average Bonchev–Trinajstić information content (AvgIpc) is 2.46. The highest BCUT2D eigenvalue weighted by Gasteiger charge is 2.27. The zero-order chi connectivity index (χ0) is 12.8. The number of carbonyl (C=O) groups is 1. The number of ether oxygens (including phenoxy) is 1. The second-order valence-corrected chi connectivity index (χ2v) is 6.09. The predicted molar refractivity (Wildman–Crippen MR) is 72.0 cm³/mol. The van der Waals surface area contributed by atoms with Gasteiger partial charge in [-0.3, -0.25) is 4.79 Å². The Kier molecular flexibility index (Phi) is 5.48. The summed E-state index contributed by atoms with van der Waals surface area (Å²) in [5.74, 6) is 1.46. The first kappa shape index (κ1) is 13.9. The topological polar surface area (TPSA) is 52.3 Å². The van der Waals surface area contributed by atoms with Gasteiger partial charge < -0.3 is 10.5 Å². The predicted octanol–water partition coefficient (Wildman–Crippen LogP) is 2.88. The fourth-order valence-electron chi connectivity index (χ4n) is 3.31. The van der Waals surface area contributed by atoms with Gasteiger partial charge in [0.15, 0.2) is 0 Å². The van der Waals surface area contributed by atoms with Crippen molar-refractivity contribution < 1.29 is 9.53 Å². The molecule has 2 N–H and O–H groups in total. The lowest BCUT2D eigenvalue weighted by molar-refractivity contribution is -0.151. The summed E-state index contributed by atoms with van der Waals surface area (Å²) in [5, 5.41) is 0. The van der Waals surface area contributed by atoms with Crippen LogP contribution in [0.25, 0.3) is 0 Å². The van der Waals surface area contributed by atoms with Crippen molar-refractivity contribution in [3.63, 3.8) is 0 Å². The maximum absolute atomic E-state index is 12.0. The molecule has 0 bridgehead atoms. The van der Waals surface area contributed by atoms with Crippen LogP contribution in [0, 0.1) is 17.8 Å². The average molecular weight is 253 g/mol. The van der Waals surface area contributed by atoms with Gasteiger partial charge in [0.1, 0.15) is 0 Å². The van der Waals surface area contributed by atoms with Crippen molar-refractivity contribution >= 4 is 5.97 Å². The third-order valence-electron chi connectivity index (χ3n) is 4.70. The molecule has 0 heterocycles. The maximum atomic E-state index is 12.0. The van der Waals surface area contributed by atoms with Crippen LogP contribution in [0.3, 0.4) is 0 Å². The molecular weight excluding hydrogens is 226 g/mol. The molecular formula is C15H27NO2. The Morgan fingerprint density at radius 1 is 0.944 bits per heavy atom. The minimum Gasteiger partial charge on any atom is -0.465 e. The molecule has 2 fully saturated rings. The highest BCUT2D eigenvalue weighted by molar-refractivity contribution is 5.72. The summed E-state index contributed by atoms with van der Waals surface area (Å²) in [4.78, 5) is 12.0. The first-order valence-corrected chi connectivity index (χ1v) is 7.66. The van der Waals surface area contributed by atoms with E-state index in [9.17, 15) is 4.79 Å². The number of esters is 1. The van der Waals surface area contributed by atoms with Crippen LogP contribution in [-0.2, 0) is 9.53 Å². The molecule has 0 radical (unpaired) electrons. The second kappa shape index (κ2) is 7.13. The Balaban J connectivity index is 1.65. The molecule has 0 saturated heterocycles. The van der Waals surface area contributed by atoms with E-state index >= 15 is 0 Å². The Morgan fingerprint density at radius 2 is 1.61 bits per heavy atom. The third-order valence-corrected chi connectivity index (χ3v) is 4.70. The van der Waals surface area contributed by atoms with Crippen molar-refractivity contribution in [1.29, 1.82) is 0 Å². The molecule has 0 spiro atoms. The molecule has 2 aliphatic carbocycles. The van der Waals surface area contributed by atoms with Crippen molar-refractivity contribution in [2.75, 3.05) is 13.2 Å². The summed E-state index contributed by atoms with van der Waals surface area (Å²) in [6.07, 6.45) is 10.6. The smallest absolute Gasteiger partial charge is 0.308 e. The molecule has 3 nitrogen and oxygen atoms in total. The molecule has 0 aromatic carbocycles. The number of hydrogen-bond acceptors (Lipinski definition) is 3. The third kappa shape index (κ3) is 3.98. The van der Waals surface area contributed by atoms with E-state index < -0.39 is 0 Å². The highest BCUT2D eigenvalue weighted by Crippen LogP contribution is 2.30. The van der Waals surface area contributed by atoms with Crippen molar-refractivity contribution in [2.24, 2.45) is 23.5 Å². The number of carbonyl (C=O) groups excluding carboxylic acids is 1. The SMILES string of the molecule is NCC1CCC(C(=O)OCC2CCCCC2)CC1. The summed E-state index contributed by atoms with van der Waals surface area (Å²) in [5.41, 5.74) is 5.66. The van der Waals surface area contributed by atoms with Crippen molar-refractivity contribution in [3.05, 3.63) is 0 Å². The van der Waals surface area contributed by atoms with Gasteiger partial charge in [-0.15, -0.1) is 0 Å². The van der Waals surface area contributed by atoms with E-state index in [0.29, 0.717) is 18.4 Å². The van der Waals surface area contributed by atoms with Gasteiger partial charge in [-0.1, -0.05) is 19.3 Å². The van der Waals surface area contributed by atoms with E-state index in [1.807, 2.05) is 0 Å².